The Morgan fingerprint density at radius 2 is 1.67 bits per heavy atom. The van der Waals surface area contributed by atoms with Crippen LogP contribution >= 0.6 is 11.6 Å². The predicted octanol–water partition coefficient (Wildman–Crippen LogP) is 6.06. The molecular formula is C38H39ClN6O3. The fourth-order valence-corrected chi connectivity index (χ4v) is 8.61. The Kier molecular flexibility index (Phi) is 7.06. The molecule has 9 nitrogen and oxygen atoms in total. The first-order chi connectivity index (χ1) is 23.4. The lowest BCUT2D eigenvalue weighted by Crippen LogP contribution is -2.51. The van der Waals surface area contributed by atoms with Crippen LogP contribution in [0.15, 0.2) is 66.7 Å². The number of fused-ring (bicyclic) bond motifs is 4. The number of piperidine rings is 1. The van der Waals surface area contributed by atoms with E-state index in [9.17, 15) is 9.59 Å². The average molecular weight is 663 g/mol. The summed E-state index contributed by atoms with van der Waals surface area (Å²) in [5.74, 6) is 2.66. The minimum atomic E-state index is -0.0480. The van der Waals surface area contributed by atoms with Crippen LogP contribution in [0.2, 0.25) is 5.02 Å². The number of rotatable bonds is 8. The maximum absolute atomic E-state index is 14.0. The number of ether oxygens (including phenoxy) is 1. The van der Waals surface area contributed by atoms with Crippen molar-refractivity contribution < 1.29 is 14.3 Å². The number of para-hydroxylation sites is 1. The van der Waals surface area contributed by atoms with E-state index in [0.29, 0.717) is 59.9 Å². The summed E-state index contributed by atoms with van der Waals surface area (Å²) in [4.78, 5) is 36.4. The largest absolute Gasteiger partial charge is 0.494 e. The van der Waals surface area contributed by atoms with Gasteiger partial charge >= 0.3 is 0 Å². The standard InChI is InChI=1S/C38H39ClN6O3/c1-48-33-16-26(37(46)44-21-25-12-13-31(44)34(25)40)14-29-35(33)45(20-23-17-42(18-23)38(47)27-7-3-4-8-28(27)39)36(41-29)32-15-24-6-2-5-9-30(24)43(32)19-22-10-11-22/h2-9,14-16,22-23,25,31,34H,10-13,17-21,40H2,1H3/t25?,31?,34-/m1/s1. The van der Waals surface area contributed by atoms with Crippen LogP contribution in [0.5, 0.6) is 5.75 Å². The van der Waals surface area contributed by atoms with Crippen LogP contribution in [-0.2, 0) is 13.1 Å². The first-order valence-electron chi connectivity index (χ1n) is 17.1. The monoisotopic (exact) mass is 662 g/mol. The van der Waals surface area contributed by atoms with Gasteiger partial charge < -0.3 is 29.4 Å². The van der Waals surface area contributed by atoms with Crippen molar-refractivity contribution in [3.05, 3.63) is 82.9 Å². The number of amides is 2. The average Bonchev–Trinajstić information content (AvgIpc) is 3.44. The number of imidazole rings is 1. The molecule has 3 aromatic carbocycles. The van der Waals surface area contributed by atoms with Crippen LogP contribution in [0, 0.1) is 17.8 Å². The van der Waals surface area contributed by atoms with Gasteiger partial charge in [-0.3, -0.25) is 9.59 Å². The Labute approximate surface area is 284 Å². The van der Waals surface area contributed by atoms with E-state index in [-0.39, 0.29) is 29.8 Å². The van der Waals surface area contributed by atoms with Gasteiger partial charge in [-0.15, -0.1) is 0 Å². The van der Waals surface area contributed by atoms with Crippen molar-refractivity contribution >= 4 is 45.4 Å². The molecule has 5 aromatic rings. The van der Waals surface area contributed by atoms with E-state index < -0.39 is 0 Å². The molecule has 2 N–H and O–H groups in total. The molecule has 2 bridgehead atoms. The maximum Gasteiger partial charge on any atom is 0.255 e. The zero-order valence-electron chi connectivity index (χ0n) is 27.0. The molecule has 2 amide bonds. The third-order valence-corrected chi connectivity index (χ3v) is 11.5. The molecule has 2 unspecified atom stereocenters. The van der Waals surface area contributed by atoms with E-state index >= 15 is 0 Å². The first kappa shape index (κ1) is 29.8. The van der Waals surface area contributed by atoms with E-state index in [1.807, 2.05) is 34.1 Å². The zero-order valence-corrected chi connectivity index (χ0v) is 27.8. The zero-order chi connectivity index (χ0) is 32.7. The molecule has 2 aliphatic carbocycles. The van der Waals surface area contributed by atoms with Crippen molar-refractivity contribution in [2.45, 2.75) is 50.9 Å². The number of likely N-dealkylation sites (tertiary alicyclic amines) is 2. The quantitative estimate of drug-likeness (QED) is 0.218. The lowest BCUT2D eigenvalue weighted by molar-refractivity contribution is 0.0471. The Bertz CT molecular complexity index is 2090. The molecule has 246 valence electrons. The van der Waals surface area contributed by atoms with Gasteiger partial charge in [0, 0.05) is 67.2 Å². The van der Waals surface area contributed by atoms with Crippen molar-refractivity contribution in [1.29, 1.82) is 0 Å². The summed E-state index contributed by atoms with van der Waals surface area (Å²) >= 11 is 6.36. The summed E-state index contributed by atoms with van der Waals surface area (Å²) in [5, 5.41) is 1.64. The number of nitrogens with zero attached hydrogens (tertiary/aromatic N) is 5. The molecule has 2 saturated heterocycles. The molecule has 3 atom stereocenters. The summed E-state index contributed by atoms with van der Waals surface area (Å²) in [5.41, 5.74) is 11.4. The molecule has 10 heteroatoms. The second-order valence-corrected chi connectivity index (χ2v) is 14.6. The number of halogens is 1. The third kappa shape index (κ3) is 4.81. The van der Waals surface area contributed by atoms with Gasteiger partial charge in [0.1, 0.15) is 11.3 Å². The van der Waals surface area contributed by atoms with Crippen molar-refractivity contribution in [3.8, 4) is 17.3 Å². The normalized spacial score (nSPS) is 22.2. The molecule has 0 spiro atoms. The summed E-state index contributed by atoms with van der Waals surface area (Å²) in [6.07, 6.45) is 4.52. The van der Waals surface area contributed by atoms with Gasteiger partial charge in [-0.25, -0.2) is 4.98 Å². The highest BCUT2D eigenvalue weighted by Crippen LogP contribution is 2.41. The topological polar surface area (TPSA) is 98.6 Å². The molecule has 2 aromatic heterocycles. The number of aromatic nitrogens is 3. The van der Waals surface area contributed by atoms with Gasteiger partial charge in [-0.2, -0.15) is 0 Å². The Balaban J connectivity index is 1.12. The Morgan fingerprint density at radius 1 is 0.896 bits per heavy atom. The maximum atomic E-state index is 14.0. The van der Waals surface area contributed by atoms with Gasteiger partial charge in [-0.05, 0) is 73.9 Å². The minimum absolute atomic E-state index is 0.00971. The molecular weight excluding hydrogens is 624 g/mol. The van der Waals surface area contributed by atoms with Crippen LogP contribution in [0.4, 0.5) is 0 Å². The molecule has 4 fully saturated rings. The van der Waals surface area contributed by atoms with Gasteiger partial charge in [0.25, 0.3) is 11.8 Å². The first-order valence-corrected chi connectivity index (χ1v) is 17.5. The Morgan fingerprint density at radius 3 is 2.40 bits per heavy atom. The van der Waals surface area contributed by atoms with E-state index in [0.717, 1.165) is 41.9 Å². The lowest BCUT2D eigenvalue weighted by atomic mass is 9.98. The second kappa shape index (κ2) is 11.4. The van der Waals surface area contributed by atoms with E-state index in [2.05, 4.69) is 39.5 Å². The van der Waals surface area contributed by atoms with Crippen molar-refractivity contribution in [2.75, 3.05) is 26.7 Å². The molecule has 4 aliphatic rings. The minimum Gasteiger partial charge on any atom is -0.494 e. The van der Waals surface area contributed by atoms with Crippen LogP contribution in [0.25, 0.3) is 33.5 Å². The smallest absolute Gasteiger partial charge is 0.255 e. The van der Waals surface area contributed by atoms with E-state index in [4.69, 9.17) is 27.1 Å². The van der Waals surface area contributed by atoms with Crippen LogP contribution in [0.3, 0.4) is 0 Å². The van der Waals surface area contributed by atoms with Crippen molar-refractivity contribution in [2.24, 2.45) is 23.5 Å². The van der Waals surface area contributed by atoms with Crippen LogP contribution < -0.4 is 10.5 Å². The third-order valence-electron chi connectivity index (χ3n) is 11.2. The van der Waals surface area contributed by atoms with Crippen molar-refractivity contribution in [1.82, 2.24) is 23.9 Å². The number of benzene rings is 3. The lowest BCUT2D eigenvalue weighted by Gasteiger charge is -2.40. The van der Waals surface area contributed by atoms with Gasteiger partial charge in [0.15, 0.2) is 5.82 Å². The summed E-state index contributed by atoms with van der Waals surface area (Å²) in [7, 11) is 1.66. The molecule has 48 heavy (non-hydrogen) atoms. The number of nitrogens with two attached hydrogens (primary N) is 1. The molecule has 2 aliphatic heterocycles. The number of hydrogen-bond acceptors (Lipinski definition) is 5. The highest BCUT2D eigenvalue weighted by molar-refractivity contribution is 6.33. The summed E-state index contributed by atoms with van der Waals surface area (Å²) in [6.45, 7) is 3.53. The number of methoxy groups -OCH3 is 1. The van der Waals surface area contributed by atoms with Crippen molar-refractivity contribution in [3.63, 3.8) is 0 Å². The molecule has 2 saturated carbocycles. The Hall–Kier alpha value is -4.34. The fraction of sp³-hybridized carbons (Fsp3) is 0.395. The van der Waals surface area contributed by atoms with E-state index in [1.54, 1.807) is 19.2 Å². The second-order valence-electron chi connectivity index (χ2n) is 14.2. The van der Waals surface area contributed by atoms with Crippen LogP contribution in [0.1, 0.15) is 46.4 Å². The number of carbonyl (C=O) groups is 2. The highest BCUT2D eigenvalue weighted by atomic mass is 35.5. The SMILES string of the molecule is COc1cc(C(=O)N2CC3CCC2[C@@H]3N)cc2nc(-c3cc4ccccc4n3CC3CC3)n(CC3CN(C(=O)c4ccccc4Cl)C3)c12. The molecule has 4 heterocycles. The fourth-order valence-electron chi connectivity index (χ4n) is 8.40. The van der Waals surface area contributed by atoms with E-state index in [1.165, 1.54) is 23.7 Å². The summed E-state index contributed by atoms with van der Waals surface area (Å²) < 4.78 is 10.7. The summed E-state index contributed by atoms with van der Waals surface area (Å²) in [6, 6.07) is 21.9. The van der Waals surface area contributed by atoms with Gasteiger partial charge in [0.05, 0.1) is 28.9 Å². The number of hydrogen-bond donors (Lipinski definition) is 1. The van der Waals surface area contributed by atoms with Crippen LogP contribution in [-0.4, -0.2) is 74.6 Å². The molecule has 9 rings (SSSR count). The highest BCUT2D eigenvalue weighted by Gasteiger charge is 2.47. The van der Waals surface area contributed by atoms with Gasteiger partial charge in [0.2, 0.25) is 0 Å². The van der Waals surface area contributed by atoms with Gasteiger partial charge in [-0.1, -0.05) is 41.9 Å². The number of carbonyl (C=O) groups excluding carboxylic acids is 2. The predicted molar refractivity (Wildman–Crippen MR) is 186 cm³/mol. The molecule has 0 radical (unpaired) electrons.